The normalized spacial score (nSPS) is 10.7. The highest BCUT2D eigenvalue weighted by Gasteiger charge is 2.04. The Labute approximate surface area is 117 Å². The summed E-state index contributed by atoms with van der Waals surface area (Å²) < 4.78 is 0. The fraction of sp³-hybridized carbons (Fsp3) is 0.133. The minimum absolute atomic E-state index is 0.141. The van der Waals surface area contributed by atoms with E-state index >= 15 is 0 Å². The van der Waals surface area contributed by atoms with Gasteiger partial charge >= 0.3 is 5.82 Å². The van der Waals surface area contributed by atoms with Crippen LogP contribution in [-0.2, 0) is 0 Å². The first-order chi connectivity index (χ1) is 9.56. The van der Waals surface area contributed by atoms with Gasteiger partial charge < -0.3 is 15.0 Å². The van der Waals surface area contributed by atoms with Crippen LogP contribution in [0.3, 0.4) is 0 Å². The van der Waals surface area contributed by atoms with E-state index in [1.165, 1.54) is 12.3 Å². The number of rotatable bonds is 4. The van der Waals surface area contributed by atoms with Crippen LogP contribution in [0.1, 0.15) is 11.1 Å². The van der Waals surface area contributed by atoms with Crippen molar-refractivity contribution in [2.75, 3.05) is 19.0 Å². The topological polar surface area (TPSA) is 59.3 Å². The lowest BCUT2D eigenvalue weighted by Gasteiger charge is -2.11. The monoisotopic (exact) mass is 269 g/mol. The summed E-state index contributed by atoms with van der Waals surface area (Å²) in [5.74, 6) is -0.141. The molecule has 20 heavy (non-hydrogen) atoms. The molecule has 0 saturated carbocycles. The first-order valence-corrected chi connectivity index (χ1v) is 6.12. The number of hydrogen-bond acceptors (Lipinski definition) is 4. The van der Waals surface area contributed by atoms with Crippen LogP contribution in [0.2, 0.25) is 0 Å². The maximum Gasteiger partial charge on any atom is 0.363 e. The highest BCUT2D eigenvalue weighted by atomic mass is 16.6. The maximum atomic E-state index is 10.5. The Morgan fingerprint density at radius 3 is 2.15 bits per heavy atom. The molecule has 0 saturated heterocycles. The second-order valence-electron chi connectivity index (χ2n) is 4.53. The molecule has 2 aromatic rings. The van der Waals surface area contributed by atoms with Crippen LogP contribution in [-0.4, -0.2) is 24.0 Å². The summed E-state index contributed by atoms with van der Waals surface area (Å²) in [6.45, 7) is 0. The third kappa shape index (κ3) is 3.41. The van der Waals surface area contributed by atoms with Crippen LogP contribution in [0.25, 0.3) is 12.2 Å². The van der Waals surface area contributed by atoms with Gasteiger partial charge in [-0.15, -0.1) is 0 Å². The molecule has 0 aliphatic rings. The lowest BCUT2D eigenvalue weighted by atomic mass is 10.1. The maximum absolute atomic E-state index is 10.5. The number of aromatic nitrogens is 1. The van der Waals surface area contributed by atoms with Gasteiger partial charge in [0.05, 0.1) is 0 Å². The highest BCUT2D eigenvalue weighted by Crippen LogP contribution is 2.15. The standard InChI is InChI=1S/C15H15N3O2/c1-17(2)14-8-5-12(6-9-14)3-4-13-7-10-15(16-11-13)18(19)20/h3-11H,1-2H3. The van der Waals surface area contributed by atoms with Gasteiger partial charge in [-0.25, -0.2) is 0 Å². The van der Waals surface area contributed by atoms with Crippen molar-refractivity contribution >= 4 is 23.7 Å². The Morgan fingerprint density at radius 2 is 1.65 bits per heavy atom. The molecule has 1 heterocycles. The predicted octanol–water partition coefficient (Wildman–Crippen LogP) is 3.23. The van der Waals surface area contributed by atoms with Crippen molar-refractivity contribution in [2.24, 2.45) is 0 Å². The molecule has 0 bridgehead atoms. The third-order valence-electron chi connectivity index (χ3n) is 2.84. The van der Waals surface area contributed by atoms with E-state index in [9.17, 15) is 10.1 Å². The van der Waals surface area contributed by atoms with E-state index in [0.717, 1.165) is 16.8 Å². The minimum Gasteiger partial charge on any atom is -0.378 e. The fourth-order valence-corrected chi connectivity index (χ4v) is 1.68. The first-order valence-electron chi connectivity index (χ1n) is 6.12. The van der Waals surface area contributed by atoms with E-state index in [-0.39, 0.29) is 5.82 Å². The smallest absolute Gasteiger partial charge is 0.363 e. The zero-order valence-corrected chi connectivity index (χ0v) is 11.4. The van der Waals surface area contributed by atoms with Crippen LogP contribution < -0.4 is 4.90 Å². The molecule has 0 amide bonds. The largest absolute Gasteiger partial charge is 0.378 e. The van der Waals surface area contributed by atoms with E-state index in [0.29, 0.717) is 0 Å². The summed E-state index contributed by atoms with van der Waals surface area (Å²) in [7, 11) is 3.99. The summed E-state index contributed by atoms with van der Waals surface area (Å²) in [6, 6.07) is 11.2. The molecule has 0 atom stereocenters. The van der Waals surface area contributed by atoms with Crippen LogP contribution in [0.15, 0.2) is 42.6 Å². The molecule has 5 nitrogen and oxygen atoms in total. The quantitative estimate of drug-likeness (QED) is 0.631. The number of nitrogens with zero attached hydrogens (tertiary/aromatic N) is 3. The van der Waals surface area contributed by atoms with Gasteiger partial charge in [-0.05, 0) is 33.7 Å². The third-order valence-corrected chi connectivity index (χ3v) is 2.84. The number of anilines is 1. The number of benzene rings is 1. The van der Waals surface area contributed by atoms with E-state index in [4.69, 9.17) is 0 Å². The molecule has 1 aromatic carbocycles. The van der Waals surface area contributed by atoms with Crippen LogP contribution in [0, 0.1) is 10.1 Å². The Kier molecular flexibility index (Phi) is 4.10. The zero-order chi connectivity index (χ0) is 14.5. The van der Waals surface area contributed by atoms with Gasteiger partial charge in [0.1, 0.15) is 6.20 Å². The van der Waals surface area contributed by atoms with Gasteiger partial charge in [0.25, 0.3) is 0 Å². The van der Waals surface area contributed by atoms with Gasteiger partial charge in [-0.2, -0.15) is 0 Å². The molecule has 0 fully saturated rings. The zero-order valence-electron chi connectivity index (χ0n) is 11.4. The van der Waals surface area contributed by atoms with Crippen molar-refractivity contribution in [3.05, 3.63) is 63.8 Å². The molecule has 102 valence electrons. The molecule has 0 unspecified atom stereocenters. The summed E-state index contributed by atoms with van der Waals surface area (Å²) in [4.78, 5) is 15.8. The van der Waals surface area contributed by atoms with Gasteiger partial charge in [0.2, 0.25) is 0 Å². The van der Waals surface area contributed by atoms with Gasteiger partial charge in [-0.1, -0.05) is 24.3 Å². The van der Waals surface area contributed by atoms with E-state index in [1.54, 1.807) is 6.07 Å². The van der Waals surface area contributed by atoms with Crippen LogP contribution in [0.5, 0.6) is 0 Å². The highest BCUT2D eigenvalue weighted by molar-refractivity contribution is 5.70. The fourth-order valence-electron chi connectivity index (χ4n) is 1.68. The molecule has 0 N–H and O–H groups in total. The van der Waals surface area contributed by atoms with Crippen molar-refractivity contribution in [1.29, 1.82) is 0 Å². The molecule has 5 heteroatoms. The van der Waals surface area contributed by atoms with Gasteiger partial charge in [0.15, 0.2) is 0 Å². The van der Waals surface area contributed by atoms with Crippen molar-refractivity contribution in [1.82, 2.24) is 4.98 Å². The molecule has 0 aliphatic carbocycles. The number of nitro groups is 1. The number of hydrogen-bond donors (Lipinski definition) is 0. The van der Waals surface area contributed by atoms with Crippen LogP contribution >= 0.6 is 0 Å². The summed E-state index contributed by atoms with van der Waals surface area (Å²) in [6.07, 6.45) is 5.31. The van der Waals surface area contributed by atoms with Crippen molar-refractivity contribution < 1.29 is 4.92 Å². The first kappa shape index (κ1) is 13.7. The molecular formula is C15H15N3O2. The molecular weight excluding hydrogens is 254 g/mol. The Hall–Kier alpha value is -2.69. The number of pyridine rings is 1. The lowest BCUT2D eigenvalue weighted by molar-refractivity contribution is -0.389. The van der Waals surface area contributed by atoms with E-state index in [2.05, 4.69) is 4.98 Å². The summed E-state index contributed by atoms with van der Waals surface area (Å²) in [5, 5.41) is 10.5. The Morgan fingerprint density at radius 1 is 1.05 bits per heavy atom. The minimum atomic E-state index is -0.506. The second kappa shape index (κ2) is 5.97. The average Bonchev–Trinajstić information content (AvgIpc) is 2.46. The second-order valence-corrected chi connectivity index (χ2v) is 4.53. The Bertz CT molecular complexity index is 617. The summed E-state index contributed by atoms with van der Waals surface area (Å²) >= 11 is 0. The SMILES string of the molecule is CN(C)c1ccc(C=Cc2ccc([N+](=O)[O-])nc2)cc1. The summed E-state index contributed by atoms with van der Waals surface area (Å²) in [5.41, 5.74) is 3.03. The molecule has 1 aromatic heterocycles. The molecule has 0 aliphatic heterocycles. The van der Waals surface area contributed by atoms with Gasteiger partial charge in [-0.3, -0.25) is 0 Å². The van der Waals surface area contributed by atoms with E-state index < -0.39 is 4.92 Å². The Balaban J connectivity index is 2.10. The van der Waals surface area contributed by atoms with Crippen molar-refractivity contribution in [2.45, 2.75) is 0 Å². The van der Waals surface area contributed by atoms with Gasteiger partial charge in [0, 0.05) is 31.4 Å². The van der Waals surface area contributed by atoms with Crippen LogP contribution in [0.4, 0.5) is 11.5 Å². The molecule has 0 radical (unpaired) electrons. The molecule has 0 spiro atoms. The predicted molar refractivity (Wildman–Crippen MR) is 80.6 cm³/mol. The lowest BCUT2D eigenvalue weighted by Crippen LogP contribution is -2.07. The van der Waals surface area contributed by atoms with E-state index in [1.807, 2.05) is 55.4 Å². The molecule has 2 rings (SSSR count). The van der Waals surface area contributed by atoms with Crippen molar-refractivity contribution in [3.63, 3.8) is 0 Å². The van der Waals surface area contributed by atoms with Crippen molar-refractivity contribution in [3.8, 4) is 0 Å². The average molecular weight is 269 g/mol.